The summed E-state index contributed by atoms with van der Waals surface area (Å²) < 4.78 is 14.3. The van der Waals surface area contributed by atoms with E-state index in [9.17, 15) is 9.18 Å². The van der Waals surface area contributed by atoms with Crippen LogP contribution in [0, 0.1) is 12.7 Å². The molecule has 4 nitrogen and oxygen atoms in total. The molecule has 0 saturated carbocycles. The fraction of sp³-hybridized carbons (Fsp3) is 0.294. The molecular formula is C17H20FN3O. The Kier molecular flexibility index (Phi) is 4.88. The third-order valence-electron chi connectivity index (χ3n) is 3.57. The maximum absolute atomic E-state index is 14.3. The predicted molar refractivity (Wildman–Crippen MR) is 84.8 cm³/mol. The smallest absolute Gasteiger partial charge is 0.267 e. The summed E-state index contributed by atoms with van der Waals surface area (Å²) in [5.41, 5.74) is 14.7. The van der Waals surface area contributed by atoms with Crippen LogP contribution in [0.3, 0.4) is 0 Å². The van der Waals surface area contributed by atoms with Gasteiger partial charge in [-0.2, -0.15) is 0 Å². The molecule has 1 heterocycles. The number of pyridine rings is 1. The van der Waals surface area contributed by atoms with E-state index in [2.05, 4.69) is 4.98 Å². The lowest BCUT2D eigenvalue weighted by molar-refractivity contribution is 0.0995. The van der Waals surface area contributed by atoms with Gasteiger partial charge in [-0.15, -0.1) is 0 Å². The summed E-state index contributed by atoms with van der Waals surface area (Å²) >= 11 is 0. The van der Waals surface area contributed by atoms with E-state index in [1.165, 1.54) is 6.07 Å². The Morgan fingerprint density at radius 2 is 2.00 bits per heavy atom. The van der Waals surface area contributed by atoms with Crippen LogP contribution in [0.4, 0.5) is 4.39 Å². The van der Waals surface area contributed by atoms with Crippen LogP contribution in [-0.4, -0.2) is 10.9 Å². The molecule has 1 aromatic carbocycles. The Balaban J connectivity index is 2.78. The number of primary amides is 1. The Labute approximate surface area is 129 Å². The van der Waals surface area contributed by atoms with Gasteiger partial charge >= 0.3 is 0 Å². The van der Waals surface area contributed by atoms with E-state index in [0.29, 0.717) is 23.2 Å². The molecule has 0 unspecified atom stereocenters. The molecule has 22 heavy (non-hydrogen) atoms. The molecular weight excluding hydrogens is 281 g/mol. The number of hydrogen-bond donors (Lipinski definition) is 2. The summed E-state index contributed by atoms with van der Waals surface area (Å²) in [4.78, 5) is 15.7. The van der Waals surface area contributed by atoms with Gasteiger partial charge in [0.25, 0.3) is 5.91 Å². The second-order valence-corrected chi connectivity index (χ2v) is 5.28. The molecule has 0 fully saturated rings. The van der Waals surface area contributed by atoms with Crippen molar-refractivity contribution in [1.29, 1.82) is 0 Å². The predicted octanol–water partition coefficient (Wildman–Crippen LogP) is 2.71. The van der Waals surface area contributed by atoms with Crippen molar-refractivity contribution in [3.63, 3.8) is 0 Å². The van der Waals surface area contributed by atoms with Crippen molar-refractivity contribution in [3.05, 3.63) is 52.6 Å². The monoisotopic (exact) mass is 301 g/mol. The van der Waals surface area contributed by atoms with Crippen LogP contribution in [0.15, 0.2) is 24.3 Å². The largest absolute Gasteiger partial charge is 0.364 e. The third-order valence-corrected chi connectivity index (χ3v) is 3.57. The van der Waals surface area contributed by atoms with Crippen molar-refractivity contribution in [3.8, 4) is 11.1 Å². The van der Waals surface area contributed by atoms with Gasteiger partial charge < -0.3 is 11.5 Å². The number of carbonyl (C=O) groups is 1. The maximum Gasteiger partial charge on any atom is 0.267 e. The van der Waals surface area contributed by atoms with Gasteiger partial charge in [-0.3, -0.25) is 4.79 Å². The SMILES string of the molecule is CCCc1c(-c2cc(C)ccc2F)cc(C(N)=O)nc1CN. The van der Waals surface area contributed by atoms with Crippen LogP contribution in [-0.2, 0) is 13.0 Å². The van der Waals surface area contributed by atoms with Crippen LogP contribution in [0.5, 0.6) is 0 Å². The van der Waals surface area contributed by atoms with E-state index in [0.717, 1.165) is 17.5 Å². The lowest BCUT2D eigenvalue weighted by Crippen LogP contribution is -2.17. The summed E-state index contributed by atoms with van der Waals surface area (Å²) in [5.74, 6) is -0.986. The molecule has 1 aromatic heterocycles. The van der Waals surface area contributed by atoms with E-state index in [-0.39, 0.29) is 18.1 Å². The molecule has 5 heteroatoms. The molecule has 0 saturated heterocycles. The van der Waals surface area contributed by atoms with Gasteiger partial charge in [-0.25, -0.2) is 9.37 Å². The molecule has 1 amide bonds. The third kappa shape index (κ3) is 3.14. The Bertz CT molecular complexity index is 713. The quantitative estimate of drug-likeness (QED) is 0.890. The van der Waals surface area contributed by atoms with Gasteiger partial charge in [0.1, 0.15) is 11.5 Å². The molecule has 0 radical (unpaired) electrons. The second kappa shape index (κ2) is 6.66. The Morgan fingerprint density at radius 1 is 1.27 bits per heavy atom. The molecule has 0 spiro atoms. The molecule has 0 aliphatic carbocycles. The van der Waals surface area contributed by atoms with E-state index < -0.39 is 5.91 Å². The summed E-state index contributed by atoms with van der Waals surface area (Å²) in [6.45, 7) is 4.10. The number of halogens is 1. The lowest BCUT2D eigenvalue weighted by Gasteiger charge is -2.15. The summed E-state index contributed by atoms with van der Waals surface area (Å²) in [6, 6.07) is 6.45. The number of benzene rings is 1. The summed E-state index contributed by atoms with van der Waals surface area (Å²) in [7, 11) is 0. The molecule has 116 valence electrons. The average molecular weight is 301 g/mol. The molecule has 0 aliphatic rings. The molecule has 0 atom stereocenters. The van der Waals surface area contributed by atoms with Gasteiger partial charge in [0, 0.05) is 12.1 Å². The van der Waals surface area contributed by atoms with Gasteiger partial charge in [0.15, 0.2) is 0 Å². The van der Waals surface area contributed by atoms with Gasteiger partial charge in [0.2, 0.25) is 0 Å². The number of carbonyl (C=O) groups excluding carboxylic acids is 1. The van der Waals surface area contributed by atoms with E-state index >= 15 is 0 Å². The Hall–Kier alpha value is -2.27. The maximum atomic E-state index is 14.3. The summed E-state index contributed by atoms with van der Waals surface area (Å²) in [6.07, 6.45) is 1.58. The zero-order chi connectivity index (χ0) is 16.3. The van der Waals surface area contributed by atoms with Crippen molar-refractivity contribution in [2.75, 3.05) is 0 Å². The van der Waals surface area contributed by atoms with Crippen molar-refractivity contribution < 1.29 is 9.18 Å². The van der Waals surface area contributed by atoms with E-state index in [1.807, 2.05) is 13.8 Å². The number of hydrogen-bond acceptors (Lipinski definition) is 3. The summed E-state index contributed by atoms with van der Waals surface area (Å²) in [5, 5.41) is 0. The highest BCUT2D eigenvalue weighted by Crippen LogP contribution is 2.30. The number of amides is 1. The van der Waals surface area contributed by atoms with Gasteiger partial charge in [-0.1, -0.05) is 25.0 Å². The second-order valence-electron chi connectivity index (χ2n) is 5.28. The Morgan fingerprint density at radius 3 is 2.59 bits per heavy atom. The molecule has 4 N–H and O–H groups in total. The van der Waals surface area contributed by atoms with Crippen LogP contribution >= 0.6 is 0 Å². The normalized spacial score (nSPS) is 10.7. The average Bonchev–Trinajstić information content (AvgIpc) is 2.50. The van der Waals surface area contributed by atoms with Crippen LogP contribution in [0.25, 0.3) is 11.1 Å². The van der Waals surface area contributed by atoms with Gasteiger partial charge in [-0.05, 0) is 42.7 Å². The first-order valence-corrected chi connectivity index (χ1v) is 7.27. The van der Waals surface area contributed by atoms with Crippen molar-refractivity contribution in [2.24, 2.45) is 11.5 Å². The zero-order valence-corrected chi connectivity index (χ0v) is 12.8. The highest BCUT2D eigenvalue weighted by Gasteiger charge is 2.17. The van der Waals surface area contributed by atoms with E-state index in [1.54, 1.807) is 18.2 Å². The fourth-order valence-electron chi connectivity index (χ4n) is 2.53. The highest BCUT2D eigenvalue weighted by molar-refractivity contribution is 5.92. The molecule has 2 rings (SSSR count). The number of nitrogens with zero attached hydrogens (tertiary/aromatic N) is 1. The van der Waals surface area contributed by atoms with Crippen LogP contribution in [0.1, 0.15) is 40.7 Å². The first-order valence-electron chi connectivity index (χ1n) is 7.27. The number of rotatable bonds is 5. The molecule has 2 aromatic rings. The first-order chi connectivity index (χ1) is 10.5. The fourth-order valence-corrected chi connectivity index (χ4v) is 2.53. The first kappa shape index (κ1) is 16.1. The standard InChI is InChI=1S/C17H20FN3O/c1-3-4-11-12(13-7-10(2)5-6-14(13)18)8-15(17(20)22)21-16(11)9-19/h5-8H,3-4,9,19H2,1-2H3,(H2,20,22). The van der Waals surface area contributed by atoms with Crippen molar-refractivity contribution >= 4 is 5.91 Å². The lowest BCUT2D eigenvalue weighted by atomic mass is 9.93. The minimum Gasteiger partial charge on any atom is -0.364 e. The van der Waals surface area contributed by atoms with Gasteiger partial charge in [0.05, 0.1) is 5.69 Å². The molecule has 0 bridgehead atoms. The molecule has 0 aliphatic heterocycles. The van der Waals surface area contributed by atoms with Crippen LogP contribution in [0.2, 0.25) is 0 Å². The van der Waals surface area contributed by atoms with Crippen molar-refractivity contribution in [2.45, 2.75) is 33.2 Å². The van der Waals surface area contributed by atoms with E-state index in [4.69, 9.17) is 11.5 Å². The number of aromatic nitrogens is 1. The topological polar surface area (TPSA) is 82.0 Å². The highest BCUT2D eigenvalue weighted by atomic mass is 19.1. The number of nitrogens with two attached hydrogens (primary N) is 2. The van der Waals surface area contributed by atoms with Crippen molar-refractivity contribution in [1.82, 2.24) is 4.98 Å². The van der Waals surface area contributed by atoms with Crippen LogP contribution < -0.4 is 11.5 Å². The zero-order valence-electron chi connectivity index (χ0n) is 12.8. The number of aryl methyl sites for hydroxylation is 1. The minimum atomic E-state index is -0.646. The minimum absolute atomic E-state index is 0.108.